The Bertz CT molecular complexity index is 698. The number of ether oxygens (including phenoxy) is 2. The third kappa shape index (κ3) is 5.77. The van der Waals surface area contributed by atoms with Gasteiger partial charge in [0.05, 0.1) is 11.6 Å². The minimum atomic E-state index is -0.454. The van der Waals surface area contributed by atoms with Crippen LogP contribution in [0, 0.1) is 5.92 Å². The molecular weight excluding hydrogens is 386 g/mol. The number of aromatic nitrogens is 2. The summed E-state index contributed by atoms with van der Waals surface area (Å²) in [5, 5.41) is 7.49. The first kappa shape index (κ1) is 19.3. The molecule has 0 aliphatic heterocycles. The van der Waals surface area contributed by atoms with E-state index in [4.69, 9.17) is 9.47 Å². The Morgan fingerprint density at radius 1 is 1.32 bits per heavy atom. The molecule has 1 N–H and O–H groups in total. The zero-order chi connectivity index (χ0) is 18.4. The molecule has 0 saturated carbocycles. The number of benzene rings is 1. The Balaban J connectivity index is 2.00. The molecule has 1 aromatic heterocycles. The fraction of sp³-hybridized carbons (Fsp3) is 0.444. The van der Waals surface area contributed by atoms with Crippen LogP contribution >= 0.6 is 15.9 Å². The molecule has 0 spiro atoms. The lowest BCUT2D eigenvalue weighted by Gasteiger charge is -2.19. The van der Waals surface area contributed by atoms with Gasteiger partial charge in [0.15, 0.2) is 5.82 Å². The summed E-state index contributed by atoms with van der Waals surface area (Å²) in [5.74, 6) is 1.46. The number of carbonyl (C=O) groups is 1. The van der Waals surface area contributed by atoms with E-state index in [1.165, 1.54) is 0 Å². The molecule has 25 heavy (non-hydrogen) atoms. The van der Waals surface area contributed by atoms with Crippen LogP contribution in [-0.2, 0) is 23.2 Å². The van der Waals surface area contributed by atoms with Crippen molar-refractivity contribution in [3.05, 3.63) is 40.5 Å². The van der Waals surface area contributed by atoms with Crippen LogP contribution in [0.5, 0.6) is 5.75 Å². The molecule has 0 amide bonds. The summed E-state index contributed by atoms with van der Waals surface area (Å²) in [6, 6.07) is 7.00. The van der Waals surface area contributed by atoms with Crippen molar-refractivity contribution in [2.75, 3.05) is 12.4 Å². The summed E-state index contributed by atoms with van der Waals surface area (Å²) in [4.78, 5) is 12.5. The molecule has 6 nitrogen and oxygen atoms in total. The van der Waals surface area contributed by atoms with Crippen molar-refractivity contribution in [1.29, 1.82) is 0 Å². The molecule has 1 aromatic carbocycles. The van der Waals surface area contributed by atoms with E-state index >= 15 is 0 Å². The van der Waals surface area contributed by atoms with Crippen molar-refractivity contribution in [2.45, 2.75) is 32.9 Å². The molecule has 0 radical (unpaired) electrons. The summed E-state index contributed by atoms with van der Waals surface area (Å²) in [5.41, 5.74) is 0.913. The molecule has 2 aromatic rings. The van der Waals surface area contributed by atoms with Crippen LogP contribution in [0.25, 0.3) is 0 Å². The van der Waals surface area contributed by atoms with Gasteiger partial charge < -0.3 is 14.8 Å². The third-order valence-corrected chi connectivity index (χ3v) is 4.21. The third-order valence-electron chi connectivity index (χ3n) is 3.63. The number of nitrogens with one attached hydrogen (secondary N) is 1. The summed E-state index contributed by atoms with van der Waals surface area (Å²) in [7, 11) is 3.45. The van der Waals surface area contributed by atoms with Crippen molar-refractivity contribution >= 4 is 27.7 Å². The number of methoxy groups -OCH3 is 1. The van der Waals surface area contributed by atoms with E-state index in [0.29, 0.717) is 18.2 Å². The Labute approximate surface area is 156 Å². The lowest BCUT2D eigenvalue weighted by atomic mass is 10.0. The van der Waals surface area contributed by atoms with Crippen LogP contribution in [0.2, 0.25) is 0 Å². The summed E-state index contributed by atoms with van der Waals surface area (Å²) < 4.78 is 13.1. The number of aryl methyl sites for hydroxylation is 1. The molecule has 1 heterocycles. The van der Waals surface area contributed by atoms with Gasteiger partial charge >= 0.3 is 5.97 Å². The molecule has 1 atom stereocenters. The van der Waals surface area contributed by atoms with Gasteiger partial charge in [0.2, 0.25) is 0 Å². The van der Waals surface area contributed by atoms with E-state index in [1.54, 1.807) is 11.8 Å². The smallest absolute Gasteiger partial charge is 0.328 e. The minimum Gasteiger partial charge on any atom is -0.497 e. The molecule has 1 unspecified atom stereocenters. The molecule has 7 heteroatoms. The lowest BCUT2D eigenvalue weighted by molar-refractivity contribution is -0.146. The number of esters is 1. The van der Waals surface area contributed by atoms with Gasteiger partial charge in [-0.05, 0) is 46.0 Å². The topological polar surface area (TPSA) is 65.4 Å². The molecule has 2 rings (SSSR count). The van der Waals surface area contributed by atoms with Gasteiger partial charge in [-0.15, -0.1) is 0 Å². The monoisotopic (exact) mass is 409 g/mol. The van der Waals surface area contributed by atoms with E-state index in [9.17, 15) is 4.79 Å². The number of hydrogen-bond acceptors (Lipinski definition) is 5. The summed E-state index contributed by atoms with van der Waals surface area (Å²) in [6.07, 6.45) is 2.49. The van der Waals surface area contributed by atoms with Gasteiger partial charge in [0.1, 0.15) is 18.4 Å². The molecule has 0 fully saturated rings. The Morgan fingerprint density at radius 3 is 2.52 bits per heavy atom. The highest BCUT2D eigenvalue weighted by atomic mass is 79.9. The van der Waals surface area contributed by atoms with Crippen molar-refractivity contribution < 1.29 is 14.3 Å². The molecular formula is C18H24BrN3O3. The highest BCUT2D eigenvalue weighted by Crippen LogP contribution is 2.22. The zero-order valence-corrected chi connectivity index (χ0v) is 16.5. The van der Waals surface area contributed by atoms with Gasteiger partial charge in [-0.25, -0.2) is 4.79 Å². The number of anilines is 1. The van der Waals surface area contributed by atoms with E-state index in [-0.39, 0.29) is 12.6 Å². The van der Waals surface area contributed by atoms with Gasteiger partial charge in [0.25, 0.3) is 0 Å². The van der Waals surface area contributed by atoms with E-state index in [2.05, 4.69) is 40.2 Å². The maximum atomic E-state index is 12.5. The first-order valence-corrected chi connectivity index (χ1v) is 8.93. The average molecular weight is 410 g/mol. The molecule has 0 aliphatic carbocycles. The normalized spacial score (nSPS) is 12.1. The van der Waals surface area contributed by atoms with Crippen molar-refractivity contribution in [1.82, 2.24) is 9.78 Å². The van der Waals surface area contributed by atoms with Crippen LogP contribution in [0.1, 0.15) is 25.8 Å². The Morgan fingerprint density at radius 2 is 2.00 bits per heavy atom. The number of nitrogens with zero attached hydrogens (tertiary/aromatic N) is 2. The van der Waals surface area contributed by atoms with E-state index in [0.717, 1.165) is 15.8 Å². The summed E-state index contributed by atoms with van der Waals surface area (Å²) in [6.45, 7) is 4.36. The highest BCUT2D eigenvalue weighted by molar-refractivity contribution is 9.10. The second-order valence-electron chi connectivity index (χ2n) is 6.28. The predicted molar refractivity (Wildman–Crippen MR) is 101 cm³/mol. The Kier molecular flexibility index (Phi) is 6.87. The van der Waals surface area contributed by atoms with Crippen LogP contribution in [-0.4, -0.2) is 28.9 Å². The van der Waals surface area contributed by atoms with Crippen molar-refractivity contribution in [2.24, 2.45) is 13.0 Å². The lowest BCUT2D eigenvalue weighted by Crippen LogP contribution is -2.33. The van der Waals surface area contributed by atoms with Gasteiger partial charge in [-0.3, -0.25) is 4.68 Å². The molecule has 0 saturated heterocycles. The fourth-order valence-electron chi connectivity index (χ4n) is 2.38. The van der Waals surface area contributed by atoms with Crippen LogP contribution < -0.4 is 10.1 Å². The second-order valence-corrected chi connectivity index (χ2v) is 7.14. The highest BCUT2D eigenvalue weighted by Gasteiger charge is 2.23. The van der Waals surface area contributed by atoms with Crippen LogP contribution in [0.4, 0.5) is 5.82 Å². The predicted octanol–water partition coefficient (Wildman–Crippen LogP) is 3.76. The first-order valence-electron chi connectivity index (χ1n) is 8.14. The summed E-state index contributed by atoms with van der Waals surface area (Å²) >= 11 is 3.44. The molecule has 0 bridgehead atoms. The molecule has 0 aliphatic rings. The standard InChI is InChI=1S/C18H24BrN3O3/c1-12(2)9-16(20-17-15(19)10-22(3)21-17)18(23)25-11-13-5-7-14(24-4)8-6-13/h5-8,10,12,16H,9,11H2,1-4H3,(H,20,21). The van der Waals surface area contributed by atoms with Gasteiger partial charge in [-0.1, -0.05) is 26.0 Å². The van der Waals surface area contributed by atoms with Crippen LogP contribution in [0.15, 0.2) is 34.9 Å². The Hall–Kier alpha value is -2.02. The fourth-order valence-corrected chi connectivity index (χ4v) is 2.87. The largest absolute Gasteiger partial charge is 0.497 e. The zero-order valence-electron chi connectivity index (χ0n) is 15.0. The van der Waals surface area contributed by atoms with Crippen LogP contribution in [0.3, 0.4) is 0 Å². The van der Waals surface area contributed by atoms with Gasteiger partial charge in [-0.2, -0.15) is 5.10 Å². The number of carbonyl (C=O) groups excluding carboxylic acids is 1. The quantitative estimate of drug-likeness (QED) is 0.672. The maximum Gasteiger partial charge on any atom is 0.328 e. The minimum absolute atomic E-state index is 0.225. The second kappa shape index (κ2) is 8.89. The average Bonchev–Trinajstić information content (AvgIpc) is 2.89. The van der Waals surface area contributed by atoms with Crippen molar-refractivity contribution in [3.8, 4) is 5.75 Å². The number of rotatable bonds is 8. The maximum absolute atomic E-state index is 12.5. The van der Waals surface area contributed by atoms with Crippen molar-refractivity contribution in [3.63, 3.8) is 0 Å². The molecule has 136 valence electrons. The first-order chi connectivity index (χ1) is 11.9. The SMILES string of the molecule is COc1ccc(COC(=O)C(CC(C)C)Nc2nn(C)cc2Br)cc1. The number of halogens is 1. The van der Waals surface area contributed by atoms with E-state index < -0.39 is 6.04 Å². The van der Waals surface area contributed by atoms with Gasteiger partial charge in [0, 0.05) is 13.2 Å². The number of hydrogen-bond donors (Lipinski definition) is 1. The van der Waals surface area contributed by atoms with E-state index in [1.807, 2.05) is 37.5 Å².